The Morgan fingerprint density at radius 3 is 2.78 bits per heavy atom. The molecule has 6 nitrogen and oxygen atoms in total. The first kappa shape index (κ1) is 22.3. The predicted octanol–water partition coefficient (Wildman–Crippen LogP) is 4.31. The maximum Gasteiger partial charge on any atom is 0.194 e. The van der Waals surface area contributed by atoms with Crippen LogP contribution < -0.4 is 5.32 Å². The molecule has 27 heavy (non-hydrogen) atoms. The molecule has 0 aromatic carbocycles. The maximum absolute atomic E-state index is 4.79. The van der Waals surface area contributed by atoms with Crippen LogP contribution in [0.3, 0.4) is 0 Å². The van der Waals surface area contributed by atoms with E-state index in [1.807, 2.05) is 0 Å². The first-order chi connectivity index (χ1) is 12.6. The Kier molecular flexibility index (Phi) is 8.65. The summed E-state index contributed by atoms with van der Waals surface area (Å²) in [4.78, 5) is 6.94. The van der Waals surface area contributed by atoms with E-state index in [1.165, 1.54) is 31.4 Å². The Morgan fingerprint density at radius 2 is 2.15 bits per heavy atom. The number of rotatable bonds is 6. The van der Waals surface area contributed by atoms with Crippen molar-refractivity contribution < 1.29 is 0 Å². The fourth-order valence-electron chi connectivity index (χ4n) is 3.50. The molecule has 8 heteroatoms. The van der Waals surface area contributed by atoms with Crippen LogP contribution in [-0.2, 0) is 20.1 Å². The molecule has 2 heterocycles. The van der Waals surface area contributed by atoms with Gasteiger partial charge in [-0.25, -0.2) is 4.99 Å². The average molecular weight is 549 g/mol. The Balaban J connectivity index is 0.00000261. The Bertz CT molecular complexity index is 747. The second-order valence-electron chi connectivity index (χ2n) is 7.01. The monoisotopic (exact) mass is 548 g/mol. The van der Waals surface area contributed by atoms with Gasteiger partial charge in [0.1, 0.15) is 0 Å². The molecule has 1 saturated carbocycles. The third-order valence-corrected chi connectivity index (χ3v) is 5.36. The average Bonchev–Trinajstić information content (AvgIpc) is 3.33. The molecule has 0 saturated heterocycles. The number of halogens is 2. The van der Waals surface area contributed by atoms with E-state index in [0.717, 1.165) is 29.2 Å². The molecular weight excluding hydrogens is 519 g/mol. The van der Waals surface area contributed by atoms with Gasteiger partial charge in [0.25, 0.3) is 0 Å². The topological polar surface area (TPSA) is 50.4 Å². The second-order valence-corrected chi connectivity index (χ2v) is 7.93. The number of hydrogen-bond acceptors (Lipinski definition) is 2. The minimum absolute atomic E-state index is 0. The molecule has 0 radical (unpaired) electrons. The van der Waals surface area contributed by atoms with E-state index in [-0.39, 0.29) is 24.0 Å². The number of nitrogens with zero attached hydrogens (tertiary/aromatic N) is 5. The molecule has 1 fully saturated rings. The van der Waals surface area contributed by atoms with Gasteiger partial charge in [-0.2, -0.15) is 5.10 Å². The van der Waals surface area contributed by atoms with Crippen molar-refractivity contribution in [2.45, 2.75) is 51.7 Å². The number of nitrogens with one attached hydrogen (secondary N) is 1. The summed E-state index contributed by atoms with van der Waals surface area (Å²) in [6.45, 7) is 4.33. The lowest BCUT2D eigenvalue weighted by Crippen LogP contribution is -2.38. The minimum Gasteiger partial charge on any atom is -0.357 e. The van der Waals surface area contributed by atoms with Gasteiger partial charge in [0.05, 0.1) is 24.8 Å². The highest BCUT2D eigenvalue weighted by Gasteiger charge is 2.17. The van der Waals surface area contributed by atoms with Gasteiger partial charge in [-0.3, -0.25) is 4.68 Å². The molecule has 2 aromatic rings. The highest BCUT2D eigenvalue weighted by atomic mass is 127. The van der Waals surface area contributed by atoms with Crippen molar-refractivity contribution >= 4 is 45.9 Å². The molecule has 3 rings (SSSR count). The van der Waals surface area contributed by atoms with E-state index in [4.69, 9.17) is 10.1 Å². The number of aromatic nitrogens is 3. The van der Waals surface area contributed by atoms with Crippen molar-refractivity contribution in [3.8, 4) is 0 Å². The van der Waals surface area contributed by atoms with Gasteiger partial charge in [0, 0.05) is 43.2 Å². The summed E-state index contributed by atoms with van der Waals surface area (Å²) in [5, 5.41) is 8.12. The molecule has 1 aliphatic rings. The van der Waals surface area contributed by atoms with Crippen LogP contribution in [0.25, 0.3) is 0 Å². The van der Waals surface area contributed by atoms with E-state index in [1.54, 1.807) is 0 Å². The van der Waals surface area contributed by atoms with Crippen LogP contribution in [0.4, 0.5) is 0 Å². The van der Waals surface area contributed by atoms with Crippen LogP contribution in [0.15, 0.2) is 34.0 Å². The van der Waals surface area contributed by atoms with Gasteiger partial charge in [0.2, 0.25) is 0 Å². The normalized spacial score (nSPS) is 15.0. The summed E-state index contributed by atoms with van der Waals surface area (Å²) in [5.41, 5.74) is 2.26. The molecule has 1 N–H and O–H groups in total. The number of guanidine groups is 1. The van der Waals surface area contributed by atoms with Crippen molar-refractivity contribution in [1.82, 2.24) is 24.6 Å². The molecule has 0 aliphatic heterocycles. The van der Waals surface area contributed by atoms with Crippen LogP contribution in [0.5, 0.6) is 0 Å². The molecular formula is C19H30BrIN6. The third-order valence-electron chi connectivity index (χ3n) is 4.92. The molecule has 0 spiro atoms. The summed E-state index contributed by atoms with van der Waals surface area (Å²) < 4.78 is 5.37. The molecule has 0 amide bonds. The van der Waals surface area contributed by atoms with Crippen molar-refractivity contribution in [1.29, 1.82) is 0 Å². The van der Waals surface area contributed by atoms with Crippen LogP contribution >= 0.6 is 39.9 Å². The Hall–Kier alpha value is -1.03. The molecule has 0 unspecified atom stereocenters. The lowest BCUT2D eigenvalue weighted by Gasteiger charge is -2.22. The van der Waals surface area contributed by atoms with Gasteiger partial charge in [0.15, 0.2) is 5.96 Å². The summed E-state index contributed by atoms with van der Waals surface area (Å²) in [7, 11) is 4.13. The summed E-state index contributed by atoms with van der Waals surface area (Å²) in [6, 6.07) is 4.82. The van der Waals surface area contributed by atoms with Crippen LogP contribution in [0.1, 0.15) is 50.0 Å². The van der Waals surface area contributed by atoms with Crippen LogP contribution in [-0.4, -0.2) is 38.8 Å². The van der Waals surface area contributed by atoms with E-state index < -0.39 is 0 Å². The van der Waals surface area contributed by atoms with Crippen molar-refractivity contribution in [2.24, 2.45) is 12.0 Å². The van der Waals surface area contributed by atoms with Gasteiger partial charge in [-0.1, -0.05) is 12.8 Å². The lowest BCUT2D eigenvalue weighted by molar-refractivity contribution is 0.457. The van der Waals surface area contributed by atoms with E-state index in [0.29, 0.717) is 12.6 Å². The third kappa shape index (κ3) is 5.97. The predicted molar refractivity (Wildman–Crippen MR) is 125 cm³/mol. The van der Waals surface area contributed by atoms with E-state index in [9.17, 15) is 0 Å². The van der Waals surface area contributed by atoms with Crippen molar-refractivity contribution in [3.05, 3.63) is 40.4 Å². The zero-order valence-electron chi connectivity index (χ0n) is 16.4. The molecule has 1 aliphatic carbocycles. The van der Waals surface area contributed by atoms with Crippen LogP contribution in [0.2, 0.25) is 0 Å². The fourth-order valence-corrected chi connectivity index (χ4v) is 4.07. The first-order valence-corrected chi connectivity index (χ1v) is 10.2. The van der Waals surface area contributed by atoms with E-state index >= 15 is 0 Å². The summed E-state index contributed by atoms with van der Waals surface area (Å²) >= 11 is 3.54. The number of aliphatic imine (C=N–C) groups is 1. The van der Waals surface area contributed by atoms with Crippen molar-refractivity contribution in [3.63, 3.8) is 0 Å². The standard InChI is InChI=1S/C19H29BrN6.HI/c1-4-21-19(25(3)14-18-11-15(20)13-24(18)2)22-12-16-9-10-26(23-16)17-7-5-6-8-17;/h9-11,13,17H,4-8,12,14H2,1-3H3,(H,21,22);1H. The number of aryl methyl sites for hydroxylation is 1. The second kappa shape index (κ2) is 10.5. The molecule has 150 valence electrons. The summed E-state index contributed by atoms with van der Waals surface area (Å²) in [6.07, 6.45) is 9.33. The maximum atomic E-state index is 4.79. The largest absolute Gasteiger partial charge is 0.357 e. The Labute approximate surface area is 187 Å². The highest BCUT2D eigenvalue weighted by molar-refractivity contribution is 14.0. The molecule has 2 aromatic heterocycles. The highest BCUT2D eigenvalue weighted by Crippen LogP contribution is 2.28. The van der Waals surface area contributed by atoms with Crippen molar-refractivity contribution in [2.75, 3.05) is 13.6 Å². The molecule has 0 atom stereocenters. The van der Waals surface area contributed by atoms with E-state index in [2.05, 4.69) is 80.9 Å². The smallest absolute Gasteiger partial charge is 0.194 e. The zero-order valence-corrected chi connectivity index (χ0v) is 20.3. The number of hydrogen-bond donors (Lipinski definition) is 1. The van der Waals surface area contributed by atoms with Gasteiger partial charge in [-0.15, -0.1) is 24.0 Å². The molecule has 0 bridgehead atoms. The lowest BCUT2D eigenvalue weighted by atomic mass is 10.3. The van der Waals surface area contributed by atoms with Gasteiger partial charge >= 0.3 is 0 Å². The first-order valence-electron chi connectivity index (χ1n) is 9.41. The van der Waals surface area contributed by atoms with Gasteiger partial charge < -0.3 is 14.8 Å². The SMILES string of the molecule is CCNC(=NCc1ccn(C2CCCC2)n1)N(C)Cc1cc(Br)cn1C.I. The van der Waals surface area contributed by atoms with Gasteiger partial charge in [-0.05, 0) is 47.8 Å². The summed E-state index contributed by atoms with van der Waals surface area (Å²) in [5.74, 6) is 0.903. The fraction of sp³-hybridized carbons (Fsp3) is 0.579. The zero-order chi connectivity index (χ0) is 18.5. The van der Waals surface area contributed by atoms with Crippen LogP contribution in [0, 0.1) is 0 Å². The minimum atomic E-state index is 0. The Morgan fingerprint density at radius 1 is 1.41 bits per heavy atom. The quantitative estimate of drug-likeness (QED) is 0.332.